The summed E-state index contributed by atoms with van der Waals surface area (Å²) in [5.41, 5.74) is 1.26. The van der Waals surface area contributed by atoms with Crippen LogP contribution < -0.4 is 14.8 Å². The van der Waals surface area contributed by atoms with Gasteiger partial charge in [-0.15, -0.1) is 6.58 Å². The van der Waals surface area contributed by atoms with E-state index in [4.69, 9.17) is 21.1 Å². The normalized spacial score (nSPS) is 10.9. The molecule has 1 N–H and O–H groups in total. The Balaban J connectivity index is 2.14. The van der Waals surface area contributed by atoms with E-state index >= 15 is 0 Å². The van der Waals surface area contributed by atoms with Gasteiger partial charge in [-0.05, 0) is 47.5 Å². The molecule has 0 saturated heterocycles. The van der Waals surface area contributed by atoms with E-state index in [1.165, 1.54) is 31.4 Å². The van der Waals surface area contributed by atoms with Crippen LogP contribution in [-0.4, -0.2) is 25.5 Å². The van der Waals surface area contributed by atoms with Gasteiger partial charge in [0.25, 0.3) is 5.91 Å². The number of carbonyl (C=O) groups excluding carboxylic acids is 2. The fourth-order valence-corrected chi connectivity index (χ4v) is 2.44. The summed E-state index contributed by atoms with van der Waals surface area (Å²) >= 11 is 5.83. The number of esters is 1. The number of hydrogen-bond donors (Lipinski definition) is 1. The average molecular weight is 423 g/mol. The number of methoxy groups -OCH3 is 1. The maximum Gasteiger partial charge on any atom is 0.336 e. The summed E-state index contributed by atoms with van der Waals surface area (Å²) in [6.07, 6.45) is 5.81. The number of carbonyl (C=O) groups is 2. The summed E-state index contributed by atoms with van der Waals surface area (Å²) < 4.78 is 10.6. The van der Waals surface area contributed by atoms with E-state index in [-0.39, 0.29) is 23.6 Å². The lowest BCUT2D eigenvalue weighted by molar-refractivity contribution is -0.129. The van der Waals surface area contributed by atoms with Crippen molar-refractivity contribution in [2.75, 3.05) is 13.7 Å². The molecule has 0 atom stereocenters. The Kier molecular flexibility index (Phi) is 8.42. The fraction of sp³-hybridized carbons (Fsp3) is 0.0870. The number of nitrogens with one attached hydrogen (secondary N) is 1. The first-order chi connectivity index (χ1) is 14.5. The van der Waals surface area contributed by atoms with Gasteiger partial charge >= 0.3 is 5.97 Å². The maximum absolute atomic E-state index is 12.1. The lowest BCUT2D eigenvalue weighted by Gasteiger charge is -2.09. The molecule has 2 aromatic carbocycles. The number of rotatable bonds is 8. The molecule has 0 bridgehead atoms. The van der Waals surface area contributed by atoms with Gasteiger partial charge in [-0.1, -0.05) is 35.9 Å². The van der Waals surface area contributed by atoms with Gasteiger partial charge in [-0.3, -0.25) is 4.79 Å². The number of hydrogen-bond acceptors (Lipinski definition) is 5. The Morgan fingerprint density at radius 2 is 1.87 bits per heavy atom. The van der Waals surface area contributed by atoms with Gasteiger partial charge in [-0.2, -0.15) is 5.26 Å². The molecule has 0 aromatic heterocycles. The van der Waals surface area contributed by atoms with Gasteiger partial charge in [0.1, 0.15) is 11.6 Å². The van der Waals surface area contributed by atoms with Crippen LogP contribution in [0.2, 0.25) is 5.02 Å². The van der Waals surface area contributed by atoms with Crippen molar-refractivity contribution in [1.29, 1.82) is 5.26 Å². The Morgan fingerprint density at radius 3 is 2.50 bits per heavy atom. The van der Waals surface area contributed by atoms with Crippen molar-refractivity contribution >= 4 is 35.6 Å². The molecule has 152 valence electrons. The fourth-order valence-electron chi connectivity index (χ4n) is 2.31. The highest BCUT2D eigenvalue weighted by Crippen LogP contribution is 2.29. The average Bonchev–Trinajstić information content (AvgIpc) is 2.76. The third-order valence-electron chi connectivity index (χ3n) is 3.76. The SMILES string of the molecule is C=CCNC(=O)/C(C#N)=C/c1ccc(OC(=O)/C=C/c2ccc(Cl)cc2)c(OC)c1. The third kappa shape index (κ3) is 6.66. The zero-order valence-electron chi connectivity index (χ0n) is 16.2. The lowest BCUT2D eigenvalue weighted by Crippen LogP contribution is -2.24. The molecule has 0 radical (unpaired) electrons. The smallest absolute Gasteiger partial charge is 0.336 e. The monoisotopic (exact) mass is 422 g/mol. The molecule has 0 aliphatic heterocycles. The zero-order valence-corrected chi connectivity index (χ0v) is 17.0. The van der Waals surface area contributed by atoms with Crippen molar-refractivity contribution in [2.45, 2.75) is 0 Å². The van der Waals surface area contributed by atoms with E-state index < -0.39 is 11.9 Å². The van der Waals surface area contributed by atoms with Gasteiger partial charge in [0.2, 0.25) is 0 Å². The summed E-state index contributed by atoms with van der Waals surface area (Å²) in [5, 5.41) is 12.3. The molecule has 0 saturated carbocycles. The molecular weight excluding hydrogens is 404 g/mol. The van der Waals surface area contributed by atoms with Crippen molar-refractivity contribution in [1.82, 2.24) is 5.32 Å². The van der Waals surface area contributed by atoms with Crippen LogP contribution in [-0.2, 0) is 9.59 Å². The van der Waals surface area contributed by atoms with Crippen LogP contribution in [0.25, 0.3) is 12.2 Å². The topological polar surface area (TPSA) is 88.4 Å². The molecule has 0 spiro atoms. The van der Waals surface area contributed by atoms with Crippen molar-refractivity contribution in [3.05, 3.63) is 82.9 Å². The quantitative estimate of drug-likeness (QED) is 0.227. The molecule has 30 heavy (non-hydrogen) atoms. The zero-order chi connectivity index (χ0) is 21.9. The van der Waals surface area contributed by atoms with Crippen molar-refractivity contribution in [2.24, 2.45) is 0 Å². The van der Waals surface area contributed by atoms with Crippen molar-refractivity contribution in [3.63, 3.8) is 0 Å². The number of ether oxygens (including phenoxy) is 2. The Bertz CT molecular complexity index is 1030. The van der Waals surface area contributed by atoms with Gasteiger partial charge in [0.15, 0.2) is 11.5 Å². The summed E-state index contributed by atoms with van der Waals surface area (Å²) in [6.45, 7) is 3.76. The van der Waals surface area contributed by atoms with Crippen LogP contribution in [0.15, 0.2) is 66.8 Å². The molecular formula is C23H19ClN2O4. The predicted molar refractivity (Wildman–Crippen MR) is 116 cm³/mol. The molecule has 6 nitrogen and oxygen atoms in total. The first kappa shape index (κ1) is 22.5. The lowest BCUT2D eigenvalue weighted by atomic mass is 10.1. The number of nitriles is 1. The Labute approximate surface area is 179 Å². The van der Waals surface area contributed by atoms with Crippen molar-refractivity contribution in [3.8, 4) is 17.6 Å². The molecule has 0 aliphatic rings. The third-order valence-corrected chi connectivity index (χ3v) is 4.02. The summed E-state index contributed by atoms with van der Waals surface area (Å²) in [6, 6.07) is 13.5. The van der Waals surface area contributed by atoms with E-state index in [1.54, 1.807) is 42.5 Å². The number of halogens is 1. The highest BCUT2D eigenvalue weighted by Gasteiger charge is 2.11. The highest BCUT2D eigenvalue weighted by atomic mass is 35.5. The summed E-state index contributed by atoms with van der Waals surface area (Å²) in [7, 11) is 1.42. The highest BCUT2D eigenvalue weighted by molar-refractivity contribution is 6.30. The number of amides is 1. The van der Waals surface area contributed by atoms with Crippen LogP contribution in [0.3, 0.4) is 0 Å². The molecule has 7 heteroatoms. The standard InChI is InChI=1S/C23H19ClN2O4/c1-3-12-26-23(28)18(15-25)13-17-6-10-20(21(14-17)29-2)30-22(27)11-7-16-4-8-19(24)9-5-16/h3-11,13-14H,1,12H2,2H3,(H,26,28)/b11-7+,18-13+. The Hall–Kier alpha value is -3.82. The molecule has 0 fully saturated rings. The van der Waals surface area contributed by atoms with E-state index in [9.17, 15) is 14.9 Å². The van der Waals surface area contributed by atoms with Crippen molar-refractivity contribution < 1.29 is 19.1 Å². The van der Waals surface area contributed by atoms with Crippen LogP contribution in [0.4, 0.5) is 0 Å². The van der Waals surface area contributed by atoms with Gasteiger partial charge in [-0.25, -0.2) is 4.79 Å². The first-order valence-corrected chi connectivity index (χ1v) is 9.19. The van der Waals surface area contributed by atoms with Gasteiger partial charge in [0, 0.05) is 17.6 Å². The minimum absolute atomic E-state index is 0.0745. The minimum atomic E-state index is -0.590. The summed E-state index contributed by atoms with van der Waals surface area (Å²) in [4.78, 5) is 24.1. The molecule has 0 unspecified atom stereocenters. The molecule has 0 heterocycles. The minimum Gasteiger partial charge on any atom is -0.493 e. The molecule has 2 aromatic rings. The number of nitrogens with zero attached hydrogens (tertiary/aromatic N) is 1. The van der Waals surface area contributed by atoms with Crippen LogP contribution >= 0.6 is 11.6 Å². The van der Waals surface area contributed by atoms with E-state index in [0.29, 0.717) is 10.6 Å². The van der Waals surface area contributed by atoms with Gasteiger partial charge in [0.05, 0.1) is 7.11 Å². The number of benzene rings is 2. The predicted octanol–water partition coefficient (Wildman–Crippen LogP) is 4.18. The van der Waals surface area contributed by atoms with Crippen LogP contribution in [0.1, 0.15) is 11.1 Å². The van der Waals surface area contributed by atoms with Gasteiger partial charge < -0.3 is 14.8 Å². The largest absolute Gasteiger partial charge is 0.493 e. The second-order valence-corrected chi connectivity index (χ2v) is 6.32. The summed E-state index contributed by atoms with van der Waals surface area (Å²) in [5.74, 6) is -0.622. The Morgan fingerprint density at radius 1 is 1.17 bits per heavy atom. The van der Waals surface area contributed by atoms with E-state index in [2.05, 4.69) is 11.9 Å². The first-order valence-electron chi connectivity index (χ1n) is 8.81. The second kappa shape index (κ2) is 11.2. The molecule has 2 rings (SSSR count). The van der Waals surface area contributed by atoms with E-state index in [1.807, 2.05) is 6.07 Å². The van der Waals surface area contributed by atoms with Crippen LogP contribution in [0, 0.1) is 11.3 Å². The molecule has 1 amide bonds. The second-order valence-electron chi connectivity index (χ2n) is 5.88. The van der Waals surface area contributed by atoms with Crippen LogP contribution in [0.5, 0.6) is 11.5 Å². The maximum atomic E-state index is 12.1. The van der Waals surface area contributed by atoms with E-state index in [0.717, 1.165) is 5.56 Å². The molecule has 0 aliphatic carbocycles.